The van der Waals surface area contributed by atoms with Crippen molar-refractivity contribution >= 4 is 28.5 Å². The largest absolute Gasteiger partial charge is 0.412 e. The number of benzene rings is 2. The third kappa shape index (κ3) is 5.22. The van der Waals surface area contributed by atoms with Crippen molar-refractivity contribution in [1.29, 1.82) is 0 Å². The molecule has 2 aliphatic rings. The van der Waals surface area contributed by atoms with Crippen LogP contribution in [0, 0.1) is 19.3 Å². The number of aromatic nitrogens is 4. The molecule has 1 aliphatic heterocycles. The highest BCUT2D eigenvalue weighted by atomic mass is 19.4. The van der Waals surface area contributed by atoms with Crippen molar-refractivity contribution in [1.82, 2.24) is 30.0 Å². The lowest BCUT2D eigenvalue weighted by Crippen LogP contribution is -2.51. The minimum Gasteiger partial charge on any atom is -0.339 e. The van der Waals surface area contributed by atoms with E-state index in [-0.39, 0.29) is 41.5 Å². The lowest BCUT2D eigenvalue weighted by molar-refractivity contribution is -0.165. The van der Waals surface area contributed by atoms with E-state index in [0.717, 1.165) is 16.7 Å². The molecule has 4 atom stereocenters. The number of halogens is 3. The number of rotatable bonds is 7. The average molecular weight is 605 g/mol. The zero-order valence-electron chi connectivity index (χ0n) is 24.6. The van der Waals surface area contributed by atoms with Crippen LogP contribution in [0.3, 0.4) is 0 Å². The number of aryl methyl sites for hydroxylation is 2. The van der Waals surface area contributed by atoms with E-state index in [0.29, 0.717) is 23.1 Å². The molecule has 3 heterocycles. The number of nitrogens with zero attached hydrogens (tertiary/aromatic N) is 5. The third-order valence-corrected chi connectivity index (χ3v) is 8.74. The maximum atomic E-state index is 14.0. The van der Waals surface area contributed by atoms with Gasteiger partial charge in [-0.2, -0.15) is 18.3 Å². The normalized spacial score (nSPS) is 21.7. The number of ketones is 1. The lowest BCUT2D eigenvalue weighted by atomic mass is 10.0. The van der Waals surface area contributed by atoms with Crippen LogP contribution in [-0.2, 0) is 16.1 Å². The molecule has 2 aromatic carbocycles. The van der Waals surface area contributed by atoms with Crippen LogP contribution >= 0.6 is 0 Å². The van der Waals surface area contributed by atoms with Gasteiger partial charge < -0.3 is 10.2 Å². The molecule has 2 amide bonds. The highest BCUT2D eigenvalue weighted by Gasteiger charge is 2.64. The molecular formula is C32H31F3N6O3. The fourth-order valence-electron chi connectivity index (χ4n) is 6.42. The molecule has 0 spiro atoms. The summed E-state index contributed by atoms with van der Waals surface area (Å²) in [6.07, 6.45) is -0.430. The lowest BCUT2D eigenvalue weighted by Gasteiger charge is -2.30. The van der Waals surface area contributed by atoms with Gasteiger partial charge in [0.15, 0.2) is 11.8 Å². The van der Waals surface area contributed by atoms with E-state index in [4.69, 9.17) is 0 Å². The van der Waals surface area contributed by atoms with Gasteiger partial charge in [0, 0.05) is 36.3 Å². The monoisotopic (exact) mass is 604 g/mol. The van der Waals surface area contributed by atoms with Crippen LogP contribution in [0.4, 0.5) is 13.2 Å². The zero-order valence-corrected chi connectivity index (χ0v) is 24.6. The molecule has 2 aromatic heterocycles. The van der Waals surface area contributed by atoms with Gasteiger partial charge in [0.05, 0.1) is 5.52 Å². The SMILES string of the molecule is CC(=O)c1nn(CC(=O)N2[C@H](C(=O)NC(c3ccccc3)C(F)(F)F)C[C@@]3(C)C[C@@H]23)c2c(C)cc(-c3cnc(C)nc3)cc12. The molecule has 0 bridgehead atoms. The predicted molar refractivity (Wildman–Crippen MR) is 155 cm³/mol. The summed E-state index contributed by atoms with van der Waals surface area (Å²) in [6, 6.07) is 7.34. The van der Waals surface area contributed by atoms with Crippen molar-refractivity contribution in [2.75, 3.05) is 0 Å². The first kappa shape index (κ1) is 29.5. The van der Waals surface area contributed by atoms with Gasteiger partial charge in [0.1, 0.15) is 24.1 Å². The van der Waals surface area contributed by atoms with E-state index >= 15 is 0 Å². The van der Waals surface area contributed by atoms with E-state index in [1.807, 2.05) is 26.0 Å². The Balaban J connectivity index is 1.31. The Kier molecular flexibility index (Phi) is 7.05. The summed E-state index contributed by atoms with van der Waals surface area (Å²) in [4.78, 5) is 49.8. The second-order valence-electron chi connectivity index (χ2n) is 12.1. The molecule has 1 aliphatic carbocycles. The zero-order chi connectivity index (χ0) is 31.6. The van der Waals surface area contributed by atoms with Crippen molar-refractivity contribution in [2.45, 2.75) is 71.4 Å². The topological polar surface area (TPSA) is 110 Å². The number of alkyl halides is 3. The highest BCUT2D eigenvalue weighted by molar-refractivity contribution is 6.07. The summed E-state index contributed by atoms with van der Waals surface area (Å²) in [5.41, 5.74) is 2.63. The number of carbonyl (C=O) groups is 3. The summed E-state index contributed by atoms with van der Waals surface area (Å²) in [5.74, 6) is -0.967. The van der Waals surface area contributed by atoms with Gasteiger partial charge in [-0.25, -0.2) is 9.97 Å². The van der Waals surface area contributed by atoms with E-state index < -0.39 is 30.1 Å². The van der Waals surface area contributed by atoms with Crippen LogP contribution in [-0.4, -0.2) is 60.5 Å². The molecule has 1 saturated heterocycles. The Bertz CT molecular complexity index is 1790. The predicted octanol–water partition coefficient (Wildman–Crippen LogP) is 5.11. The molecule has 1 unspecified atom stereocenters. The second kappa shape index (κ2) is 10.5. The van der Waals surface area contributed by atoms with Crippen molar-refractivity contribution in [3.8, 4) is 11.1 Å². The number of fused-ring (bicyclic) bond motifs is 2. The van der Waals surface area contributed by atoms with Crippen LogP contribution in [0.15, 0.2) is 54.9 Å². The summed E-state index contributed by atoms with van der Waals surface area (Å²) < 4.78 is 43.5. The number of Topliss-reactive ketones (excluding diaryl/α,β-unsaturated/α-hetero) is 1. The number of nitrogens with one attached hydrogen (secondary N) is 1. The van der Waals surface area contributed by atoms with Crippen LogP contribution in [0.2, 0.25) is 0 Å². The van der Waals surface area contributed by atoms with E-state index in [1.165, 1.54) is 40.8 Å². The summed E-state index contributed by atoms with van der Waals surface area (Å²) in [5, 5.41) is 7.22. The van der Waals surface area contributed by atoms with E-state index in [2.05, 4.69) is 20.4 Å². The number of hydrogen-bond donors (Lipinski definition) is 1. The Morgan fingerprint density at radius 2 is 1.73 bits per heavy atom. The molecule has 44 heavy (non-hydrogen) atoms. The smallest absolute Gasteiger partial charge is 0.339 e. The van der Waals surface area contributed by atoms with Gasteiger partial charge >= 0.3 is 6.18 Å². The fraction of sp³-hybridized carbons (Fsp3) is 0.375. The van der Waals surface area contributed by atoms with Gasteiger partial charge in [-0.1, -0.05) is 37.3 Å². The highest BCUT2D eigenvalue weighted by Crippen LogP contribution is 2.59. The average Bonchev–Trinajstić information content (AvgIpc) is 3.32. The fourth-order valence-corrected chi connectivity index (χ4v) is 6.42. The Labute approximate surface area is 251 Å². The molecule has 4 aromatic rings. The maximum absolute atomic E-state index is 14.0. The first-order valence-corrected chi connectivity index (χ1v) is 14.3. The second-order valence-corrected chi connectivity index (χ2v) is 12.1. The number of amides is 2. The first-order chi connectivity index (χ1) is 20.8. The maximum Gasteiger partial charge on any atom is 0.412 e. The summed E-state index contributed by atoms with van der Waals surface area (Å²) >= 11 is 0. The van der Waals surface area contributed by atoms with Crippen LogP contribution < -0.4 is 5.32 Å². The van der Waals surface area contributed by atoms with Gasteiger partial charge in [-0.3, -0.25) is 19.1 Å². The molecule has 0 radical (unpaired) electrons. The molecule has 12 heteroatoms. The number of carbonyl (C=O) groups excluding carboxylic acids is 3. The molecule has 1 N–H and O–H groups in total. The molecule has 6 rings (SSSR count). The third-order valence-electron chi connectivity index (χ3n) is 8.74. The molecule has 2 fully saturated rings. The van der Waals surface area contributed by atoms with Crippen molar-refractivity contribution < 1.29 is 27.6 Å². The number of likely N-dealkylation sites (tertiary alicyclic amines) is 1. The van der Waals surface area contributed by atoms with Crippen molar-refractivity contribution in [3.05, 3.63) is 77.5 Å². The molecule has 1 saturated carbocycles. The number of hydrogen-bond acceptors (Lipinski definition) is 6. The summed E-state index contributed by atoms with van der Waals surface area (Å²) in [6.45, 7) is 6.67. The number of piperidine rings is 1. The minimum absolute atomic E-state index is 0.0904. The molecule has 228 valence electrons. The quantitative estimate of drug-likeness (QED) is 0.294. The van der Waals surface area contributed by atoms with Crippen molar-refractivity contribution in [2.24, 2.45) is 5.41 Å². The minimum atomic E-state index is -4.73. The van der Waals surface area contributed by atoms with Gasteiger partial charge in [0.2, 0.25) is 11.8 Å². The van der Waals surface area contributed by atoms with E-state index in [9.17, 15) is 27.6 Å². The van der Waals surface area contributed by atoms with Crippen LogP contribution in [0.5, 0.6) is 0 Å². The standard InChI is InChI=1S/C32H31F3N6O3/c1-17-10-21(22-14-36-19(3)37-15-22)11-23-27(18(2)42)39-40(28(17)23)16-26(43)41-24(12-31(4)13-25(31)41)30(44)38-29(32(33,34)35)20-8-6-5-7-9-20/h5-11,14-15,24-25,29H,12-13,16H2,1-4H3,(H,38,44)/t24-,25+,29?,31-/m0/s1. The molecule has 9 nitrogen and oxygen atoms in total. The van der Waals surface area contributed by atoms with Crippen molar-refractivity contribution in [3.63, 3.8) is 0 Å². The Morgan fingerprint density at radius 1 is 1.05 bits per heavy atom. The van der Waals surface area contributed by atoms with Gasteiger partial charge in [-0.05, 0) is 60.9 Å². The van der Waals surface area contributed by atoms with Gasteiger partial charge in [0.25, 0.3) is 0 Å². The van der Waals surface area contributed by atoms with E-state index in [1.54, 1.807) is 25.4 Å². The summed E-state index contributed by atoms with van der Waals surface area (Å²) in [7, 11) is 0. The van der Waals surface area contributed by atoms with Gasteiger partial charge in [-0.15, -0.1) is 0 Å². The first-order valence-electron chi connectivity index (χ1n) is 14.3. The molecular weight excluding hydrogens is 573 g/mol. The van der Waals surface area contributed by atoms with Crippen LogP contribution in [0.1, 0.15) is 60.2 Å². The Morgan fingerprint density at radius 3 is 2.36 bits per heavy atom. The Hall–Kier alpha value is -4.61. The van der Waals surface area contributed by atoms with Crippen LogP contribution in [0.25, 0.3) is 22.0 Å².